The second-order valence-corrected chi connectivity index (χ2v) is 11.3. The molecular formula is C41H25N3O. The van der Waals surface area contributed by atoms with Crippen molar-refractivity contribution in [1.29, 1.82) is 0 Å². The first-order valence-electron chi connectivity index (χ1n) is 15.0. The number of furan rings is 1. The minimum atomic E-state index is 0.614. The number of benzene rings is 7. The van der Waals surface area contributed by atoms with Gasteiger partial charge in [-0.25, -0.2) is 15.0 Å². The van der Waals surface area contributed by atoms with Gasteiger partial charge in [-0.05, 0) is 50.9 Å². The van der Waals surface area contributed by atoms with E-state index in [1.165, 1.54) is 10.9 Å². The summed E-state index contributed by atoms with van der Waals surface area (Å²) in [4.78, 5) is 15.5. The molecular weight excluding hydrogens is 550 g/mol. The molecule has 0 unspecified atom stereocenters. The molecule has 0 spiro atoms. The topological polar surface area (TPSA) is 51.8 Å². The Morgan fingerprint density at radius 2 is 0.933 bits per heavy atom. The van der Waals surface area contributed by atoms with Crippen LogP contribution in [-0.4, -0.2) is 15.0 Å². The second-order valence-electron chi connectivity index (χ2n) is 11.3. The minimum Gasteiger partial charge on any atom is -0.456 e. The molecule has 4 nitrogen and oxygen atoms in total. The lowest BCUT2D eigenvalue weighted by molar-refractivity contribution is 0.669. The molecule has 0 aliphatic heterocycles. The Morgan fingerprint density at radius 3 is 1.76 bits per heavy atom. The maximum Gasteiger partial charge on any atom is 0.165 e. The third-order valence-electron chi connectivity index (χ3n) is 8.51. The lowest BCUT2D eigenvalue weighted by Gasteiger charge is -2.12. The standard InChI is InChI=1S/C41H25N3O/c1-2-10-26(11-3-1)28-18-21-29(22-19-28)39-42-40(32-23-20-27-12-4-5-13-30(27)24-32)44-41(43-39)38-33-15-7-6-14-31(33)25-36-37(38)34-16-8-9-17-35(34)45-36/h1-25H. The fourth-order valence-electron chi connectivity index (χ4n) is 6.30. The van der Waals surface area contributed by atoms with Crippen LogP contribution in [0, 0.1) is 0 Å². The van der Waals surface area contributed by atoms with Crippen molar-refractivity contribution >= 4 is 43.5 Å². The van der Waals surface area contributed by atoms with Crippen molar-refractivity contribution < 1.29 is 4.42 Å². The summed E-state index contributed by atoms with van der Waals surface area (Å²) >= 11 is 0. The summed E-state index contributed by atoms with van der Waals surface area (Å²) in [6.45, 7) is 0. The van der Waals surface area contributed by atoms with Crippen molar-refractivity contribution in [3.8, 4) is 45.3 Å². The quantitative estimate of drug-likeness (QED) is 0.209. The maximum absolute atomic E-state index is 6.38. The van der Waals surface area contributed by atoms with Crippen molar-refractivity contribution in [2.45, 2.75) is 0 Å². The van der Waals surface area contributed by atoms with Crippen molar-refractivity contribution in [1.82, 2.24) is 15.0 Å². The molecule has 45 heavy (non-hydrogen) atoms. The average Bonchev–Trinajstić information content (AvgIpc) is 3.48. The van der Waals surface area contributed by atoms with E-state index in [1.54, 1.807) is 0 Å². The van der Waals surface area contributed by atoms with Gasteiger partial charge in [0, 0.05) is 27.5 Å². The summed E-state index contributed by atoms with van der Waals surface area (Å²) in [5.41, 5.74) is 6.77. The van der Waals surface area contributed by atoms with Crippen LogP contribution in [0.2, 0.25) is 0 Å². The Morgan fingerprint density at radius 1 is 0.356 bits per heavy atom. The van der Waals surface area contributed by atoms with Gasteiger partial charge in [-0.1, -0.05) is 133 Å². The first kappa shape index (κ1) is 25.4. The molecule has 9 rings (SSSR count). The lowest BCUT2D eigenvalue weighted by Crippen LogP contribution is -2.01. The normalized spacial score (nSPS) is 11.6. The monoisotopic (exact) mass is 575 g/mol. The first-order chi connectivity index (χ1) is 22.3. The largest absolute Gasteiger partial charge is 0.456 e. The van der Waals surface area contributed by atoms with E-state index in [1.807, 2.05) is 30.3 Å². The van der Waals surface area contributed by atoms with Crippen molar-refractivity contribution in [2.24, 2.45) is 0 Å². The Kier molecular flexibility index (Phi) is 5.78. The molecule has 0 saturated carbocycles. The summed E-state index contributed by atoms with van der Waals surface area (Å²) in [7, 11) is 0. The van der Waals surface area contributed by atoms with Gasteiger partial charge >= 0.3 is 0 Å². The van der Waals surface area contributed by atoms with Gasteiger partial charge in [0.1, 0.15) is 11.2 Å². The molecule has 2 heterocycles. The van der Waals surface area contributed by atoms with Gasteiger partial charge in [0.05, 0.1) is 0 Å². The van der Waals surface area contributed by atoms with E-state index in [-0.39, 0.29) is 0 Å². The molecule has 0 amide bonds. The van der Waals surface area contributed by atoms with Gasteiger partial charge in [0.25, 0.3) is 0 Å². The summed E-state index contributed by atoms with van der Waals surface area (Å²) in [6, 6.07) is 52.2. The number of hydrogen-bond acceptors (Lipinski definition) is 4. The number of rotatable bonds is 4. The van der Waals surface area contributed by atoms with E-state index in [0.717, 1.165) is 60.4 Å². The zero-order chi connectivity index (χ0) is 29.7. The molecule has 7 aromatic carbocycles. The van der Waals surface area contributed by atoms with Crippen LogP contribution in [0.25, 0.3) is 88.8 Å². The van der Waals surface area contributed by atoms with Crippen molar-refractivity contribution in [3.05, 3.63) is 152 Å². The van der Waals surface area contributed by atoms with Crippen LogP contribution in [0.1, 0.15) is 0 Å². The third kappa shape index (κ3) is 4.35. The highest BCUT2D eigenvalue weighted by atomic mass is 16.3. The first-order valence-corrected chi connectivity index (χ1v) is 15.0. The van der Waals surface area contributed by atoms with Gasteiger partial charge in [0.2, 0.25) is 0 Å². The van der Waals surface area contributed by atoms with Crippen LogP contribution in [0.15, 0.2) is 156 Å². The van der Waals surface area contributed by atoms with E-state index in [0.29, 0.717) is 17.5 Å². The van der Waals surface area contributed by atoms with Gasteiger partial charge in [-0.2, -0.15) is 0 Å². The zero-order valence-corrected chi connectivity index (χ0v) is 24.2. The number of hydrogen-bond donors (Lipinski definition) is 0. The van der Waals surface area contributed by atoms with Crippen LogP contribution in [0.5, 0.6) is 0 Å². The summed E-state index contributed by atoms with van der Waals surface area (Å²) < 4.78 is 6.38. The third-order valence-corrected chi connectivity index (χ3v) is 8.51. The number of para-hydroxylation sites is 1. The van der Waals surface area contributed by atoms with Crippen molar-refractivity contribution in [2.75, 3.05) is 0 Å². The smallest absolute Gasteiger partial charge is 0.165 e. The number of aromatic nitrogens is 3. The van der Waals surface area contributed by atoms with Crippen LogP contribution < -0.4 is 0 Å². The summed E-state index contributed by atoms with van der Waals surface area (Å²) in [5, 5.41) is 6.49. The molecule has 0 aliphatic rings. The molecule has 210 valence electrons. The van der Waals surface area contributed by atoms with Gasteiger partial charge < -0.3 is 4.42 Å². The van der Waals surface area contributed by atoms with Gasteiger partial charge in [-0.15, -0.1) is 0 Å². The Bertz CT molecular complexity index is 2530. The maximum atomic E-state index is 6.38. The molecule has 0 N–H and O–H groups in total. The Hall–Kier alpha value is -6.13. The molecule has 0 radical (unpaired) electrons. The highest BCUT2D eigenvalue weighted by Gasteiger charge is 2.21. The molecule has 0 saturated heterocycles. The van der Waals surface area contributed by atoms with E-state index in [4.69, 9.17) is 19.4 Å². The van der Waals surface area contributed by atoms with Gasteiger partial charge in [0.15, 0.2) is 17.5 Å². The Balaban J connectivity index is 1.32. The summed E-state index contributed by atoms with van der Waals surface area (Å²) in [5.74, 6) is 1.86. The SMILES string of the molecule is c1ccc(-c2ccc(-c3nc(-c4ccc5ccccc5c4)nc(-c4c5ccccc5cc5oc6ccccc6c45)n3)cc2)cc1. The predicted molar refractivity (Wildman–Crippen MR) is 184 cm³/mol. The fraction of sp³-hybridized carbons (Fsp3) is 0. The van der Waals surface area contributed by atoms with Crippen LogP contribution >= 0.6 is 0 Å². The van der Waals surface area contributed by atoms with E-state index in [9.17, 15) is 0 Å². The molecule has 0 aliphatic carbocycles. The van der Waals surface area contributed by atoms with E-state index in [2.05, 4.69) is 121 Å². The summed E-state index contributed by atoms with van der Waals surface area (Å²) in [6.07, 6.45) is 0. The molecule has 0 atom stereocenters. The van der Waals surface area contributed by atoms with Gasteiger partial charge in [-0.3, -0.25) is 0 Å². The molecule has 9 aromatic rings. The second kappa shape index (κ2) is 10.2. The van der Waals surface area contributed by atoms with E-state index < -0.39 is 0 Å². The van der Waals surface area contributed by atoms with Crippen molar-refractivity contribution in [3.63, 3.8) is 0 Å². The molecule has 0 bridgehead atoms. The molecule has 4 heteroatoms. The van der Waals surface area contributed by atoms with Crippen LogP contribution in [-0.2, 0) is 0 Å². The lowest BCUT2D eigenvalue weighted by atomic mass is 9.97. The predicted octanol–water partition coefficient (Wildman–Crippen LogP) is 10.7. The minimum absolute atomic E-state index is 0.614. The average molecular weight is 576 g/mol. The Labute approximate surface area is 259 Å². The highest BCUT2D eigenvalue weighted by molar-refractivity contribution is 6.20. The molecule has 0 fully saturated rings. The highest BCUT2D eigenvalue weighted by Crippen LogP contribution is 2.41. The van der Waals surface area contributed by atoms with E-state index >= 15 is 0 Å². The zero-order valence-electron chi connectivity index (χ0n) is 24.2. The number of fused-ring (bicyclic) bond motifs is 5. The van der Waals surface area contributed by atoms with Crippen LogP contribution in [0.3, 0.4) is 0 Å². The van der Waals surface area contributed by atoms with Crippen LogP contribution in [0.4, 0.5) is 0 Å². The fourth-order valence-corrected chi connectivity index (χ4v) is 6.30. The number of nitrogens with zero attached hydrogens (tertiary/aromatic N) is 3. The molecule has 2 aromatic heterocycles.